The first kappa shape index (κ1) is 22.9. The fraction of sp³-hybridized carbons (Fsp3) is 0.609. The van der Waals surface area contributed by atoms with Crippen molar-refractivity contribution in [1.29, 1.82) is 0 Å². The van der Waals surface area contributed by atoms with Crippen LogP contribution in [0.5, 0.6) is 0 Å². The van der Waals surface area contributed by atoms with E-state index in [1.165, 1.54) is 0 Å². The predicted molar refractivity (Wildman–Crippen MR) is 117 cm³/mol. The molecule has 31 heavy (non-hydrogen) atoms. The van der Waals surface area contributed by atoms with E-state index in [0.29, 0.717) is 49.8 Å². The number of aromatic nitrogens is 3. The van der Waals surface area contributed by atoms with E-state index >= 15 is 0 Å². The summed E-state index contributed by atoms with van der Waals surface area (Å²) < 4.78 is 5.03. The summed E-state index contributed by atoms with van der Waals surface area (Å²) in [4.78, 5) is 35.9. The van der Waals surface area contributed by atoms with Gasteiger partial charge in [0.2, 0.25) is 5.91 Å². The van der Waals surface area contributed by atoms with E-state index in [4.69, 9.17) is 4.52 Å². The number of nitrogens with one attached hydrogen (secondary N) is 1. The third-order valence-corrected chi connectivity index (χ3v) is 6.13. The highest BCUT2D eigenvalue weighted by Crippen LogP contribution is 2.36. The van der Waals surface area contributed by atoms with Crippen molar-refractivity contribution in [3.8, 4) is 0 Å². The van der Waals surface area contributed by atoms with Gasteiger partial charge in [0.15, 0.2) is 0 Å². The predicted octanol–water partition coefficient (Wildman–Crippen LogP) is 3.28. The number of nitrogens with zero attached hydrogens (tertiary/aromatic N) is 4. The molecule has 0 saturated heterocycles. The van der Waals surface area contributed by atoms with E-state index in [0.717, 1.165) is 37.1 Å². The quantitative estimate of drug-likeness (QED) is 0.659. The van der Waals surface area contributed by atoms with Crippen molar-refractivity contribution in [2.24, 2.45) is 5.92 Å². The van der Waals surface area contributed by atoms with Crippen LogP contribution in [0.3, 0.4) is 0 Å². The average molecular weight is 428 g/mol. The highest BCUT2D eigenvalue weighted by Gasteiger charge is 2.28. The van der Waals surface area contributed by atoms with Gasteiger partial charge in [0.1, 0.15) is 11.6 Å². The Kier molecular flexibility index (Phi) is 8.14. The Morgan fingerprint density at radius 3 is 2.58 bits per heavy atom. The molecule has 0 spiro atoms. The zero-order valence-corrected chi connectivity index (χ0v) is 18.8. The monoisotopic (exact) mass is 427 g/mol. The third-order valence-electron chi connectivity index (χ3n) is 6.13. The van der Waals surface area contributed by atoms with E-state index in [1.807, 2.05) is 25.7 Å². The highest BCUT2D eigenvalue weighted by atomic mass is 16.5. The molecule has 1 saturated carbocycles. The lowest BCUT2D eigenvalue weighted by atomic mass is 9.79. The average Bonchev–Trinajstić information content (AvgIpc) is 3.31. The summed E-state index contributed by atoms with van der Waals surface area (Å²) in [6.07, 6.45) is 8.20. The van der Waals surface area contributed by atoms with Crippen LogP contribution in [0, 0.1) is 12.8 Å². The van der Waals surface area contributed by atoms with E-state index in [9.17, 15) is 9.59 Å². The van der Waals surface area contributed by atoms with Gasteiger partial charge in [-0.05, 0) is 52.4 Å². The van der Waals surface area contributed by atoms with Crippen LogP contribution in [0.2, 0.25) is 0 Å². The molecule has 0 radical (unpaired) electrons. The van der Waals surface area contributed by atoms with Gasteiger partial charge in [0, 0.05) is 50.7 Å². The third kappa shape index (κ3) is 6.12. The second kappa shape index (κ2) is 11.0. The van der Waals surface area contributed by atoms with Gasteiger partial charge in [-0.3, -0.25) is 9.59 Å². The van der Waals surface area contributed by atoms with Gasteiger partial charge in [0.25, 0.3) is 5.91 Å². The summed E-state index contributed by atoms with van der Waals surface area (Å²) in [6, 6.07) is 1.78. The first-order valence-electron chi connectivity index (χ1n) is 11.3. The molecule has 3 rings (SSSR count). The van der Waals surface area contributed by atoms with E-state index in [-0.39, 0.29) is 17.7 Å². The van der Waals surface area contributed by atoms with Crippen LogP contribution in [-0.4, -0.2) is 51.5 Å². The van der Waals surface area contributed by atoms with Crippen LogP contribution in [0.1, 0.15) is 79.5 Å². The standard InChI is InChI=1S/C23H33N5O3/c1-4-28(5-2)23(30)20-15-24-16(3)27-22(20)18-8-6-17(7-9-18)14-25-21(29)11-10-19-12-13-26-31-19/h12-13,15,17-18H,4-11,14H2,1-3H3,(H,25,29). The largest absolute Gasteiger partial charge is 0.361 e. The molecule has 8 heteroatoms. The molecule has 1 aliphatic rings. The Labute approximate surface area is 183 Å². The number of hydrogen-bond acceptors (Lipinski definition) is 6. The molecule has 2 amide bonds. The minimum Gasteiger partial charge on any atom is -0.361 e. The van der Waals surface area contributed by atoms with Crippen LogP contribution < -0.4 is 5.32 Å². The van der Waals surface area contributed by atoms with Crippen molar-refractivity contribution < 1.29 is 14.1 Å². The Morgan fingerprint density at radius 2 is 1.94 bits per heavy atom. The Hall–Kier alpha value is -2.77. The first-order valence-corrected chi connectivity index (χ1v) is 11.3. The summed E-state index contributed by atoms with van der Waals surface area (Å²) in [5, 5.41) is 6.70. The van der Waals surface area contributed by atoms with E-state index in [2.05, 4.69) is 20.4 Å². The summed E-state index contributed by atoms with van der Waals surface area (Å²) in [6.45, 7) is 7.88. The normalized spacial score (nSPS) is 18.5. The number of carbonyl (C=O) groups is 2. The summed E-state index contributed by atoms with van der Waals surface area (Å²) in [5.41, 5.74) is 1.53. The van der Waals surface area contributed by atoms with E-state index < -0.39 is 0 Å². The molecular formula is C23H33N5O3. The zero-order valence-electron chi connectivity index (χ0n) is 18.8. The number of aryl methyl sites for hydroxylation is 2. The van der Waals surface area contributed by atoms with Gasteiger partial charge in [0.05, 0.1) is 17.5 Å². The topological polar surface area (TPSA) is 101 Å². The molecule has 0 aliphatic heterocycles. The number of rotatable bonds is 9. The number of amides is 2. The maximum Gasteiger partial charge on any atom is 0.257 e. The van der Waals surface area contributed by atoms with Crippen molar-refractivity contribution in [2.75, 3.05) is 19.6 Å². The molecule has 8 nitrogen and oxygen atoms in total. The SMILES string of the molecule is CCN(CC)C(=O)c1cnc(C)nc1C1CCC(CNC(=O)CCc2ccno2)CC1. The Morgan fingerprint density at radius 1 is 1.19 bits per heavy atom. The maximum atomic E-state index is 13.0. The van der Waals surface area contributed by atoms with Gasteiger partial charge in [-0.25, -0.2) is 9.97 Å². The molecule has 0 atom stereocenters. The van der Waals surface area contributed by atoms with Gasteiger partial charge in [-0.1, -0.05) is 5.16 Å². The number of hydrogen-bond donors (Lipinski definition) is 1. The van der Waals surface area contributed by atoms with Crippen molar-refractivity contribution in [3.05, 3.63) is 41.3 Å². The minimum absolute atomic E-state index is 0.0149. The molecule has 1 fully saturated rings. The molecule has 168 valence electrons. The zero-order chi connectivity index (χ0) is 22.2. The fourth-order valence-corrected chi connectivity index (χ4v) is 4.24. The Bertz CT molecular complexity index is 856. The van der Waals surface area contributed by atoms with Gasteiger partial charge in [-0.2, -0.15) is 0 Å². The molecule has 1 aliphatic carbocycles. The molecule has 0 bridgehead atoms. The highest BCUT2D eigenvalue weighted by molar-refractivity contribution is 5.95. The van der Waals surface area contributed by atoms with Crippen LogP contribution in [0.25, 0.3) is 0 Å². The summed E-state index contributed by atoms with van der Waals surface area (Å²) >= 11 is 0. The smallest absolute Gasteiger partial charge is 0.257 e. The lowest BCUT2D eigenvalue weighted by Crippen LogP contribution is -2.33. The van der Waals surface area contributed by atoms with Gasteiger partial charge < -0.3 is 14.7 Å². The van der Waals surface area contributed by atoms with E-state index in [1.54, 1.807) is 18.5 Å². The second-order valence-electron chi connectivity index (χ2n) is 8.19. The first-order chi connectivity index (χ1) is 15.0. The molecule has 0 aromatic carbocycles. The van der Waals surface area contributed by atoms with Crippen LogP contribution in [0.4, 0.5) is 0 Å². The van der Waals surface area contributed by atoms with Gasteiger partial charge in [-0.15, -0.1) is 0 Å². The fourth-order valence-electron chi connectivity index (χ4n) is 4.24. The molecule has 2 aromatic heterocycles. The van der Waals surface area contributed by atoms with Crippen molar-refractivity contribution in [3.63, 3.8) is 0 Å². The number of carbonyl (C=O) groups excluding carboxylic acids is 2. The van der Waals surface area contributed by atoms with Crippen molar-refractivity contribution >= 4 is 11.8 Å². The lowest BCUT2D eigenvalue weighted by molar-refractivity contribution is -0.121. The van der Waals surface area contributed by atoms with Crippen LogP contribution >= 0.6 is 0 Å². The van der Waals surface area contributed by atoms with Crippen molar-refractivity contribution in [2.45, 2.75) is 65.2 Å². The molecule has 2 aromatic rings. The molecule has 2 heterocycles. The summed E-state index contributed by atoms with van der Waals surface area (Å²) in [5.74, 6) is 2.20. The molecule has 0 unspecified atom stereocenters. The van der Waals surface area contributed by atoms with Crippen molar-refractivity contribution in [1.82, 2.24) is 25.3 Å². The maximum absolute atomic E-state index is 13.0. The van der Waals surface area contributed by atoms with Crippen LogP contribution in [-0.2, 0) is 11.2 Å². The Balaban J connectivity index is 1.53. The molecule has 1 N–H and O–H groups in total. The van der Waals surface area contributed by atoms with Gasteiger partial charge >= 0.3 is 0 Å². The lowest BCUT2D eigenvalue weighted by Gasteiger charge is -2.30. The summed E-state index contributed by atoms with van der Waals surface area (Å²) in [7, 11) is 0. The molecular weight excluding hydrogens is 394 g/mol. The second-order valence-corrected chi connectivity index (χ2v) is 8.19. The van der Waals surface area contributed by atoms with Crippen LogP contribution in [0.15, 0.2) is 23.0 Å². The minimum atomic E-state index is 0.0149.